The van der Waals surface area contributed by atoms with Crippen LogP contribution < -0.4 is 9.62 Å². The number of hydrogen-bond donors (Lipinski definition) is 1. The van der Waals surface area contributed by atoms with Gasteiger partial charge in [0.2, 0.25) is 11.8 Å². The third-order valence-corrected chi connectivity index (χ3v) is 9.09. The Bertz CT molecular complexity index is 1410. The van der Waals surface area contributed by atoms with Crippen LogP contribution >= 0.6 is 11.9 Å². The van der Waals surface area contributed by atoms with Crippen LogP contribution in [0.4, 0.5) is 5.82 Å². The minimum atomic E-state index is -0.571. The third-order valence-electron chi connectivity index (χ3n) is 8.15. The van der Waals surface area contributed by atoms with E-state index in [0.29, 0.717) is 24.4 Å². The molecule has 2 aromatic carbocycles. The average Bonchev–Trinajstić information content (AvgIpc) is 3.30. The van der Waals surface area contributed by atoms with E-state index in [2.05, 4.69) is 55.9 Å². The number of amides is 3. The number of pyridine rings is 1. The first-order chi connectivity index (χ1) is 19.4. The van der Waals surface area contributed by atoms with Crippen LogP contribution in [-0.2, 0) is 22.7 Å². The lowest BCUT2D eigenvalue weighted by molar-refractivity contribution is -0.136. The molecule has 4 heterocycles. The molecule has 9 heteroatoms. The van der Waals surface area contributed by atoms with Crippen molar-refractivity contribution in [2.24, 2.45) is 0 Å². The largest absolute Gasteiger partial charge is 0.322 e. The summed E-state index contributed by atoms with van der Waals surface area (Å²) in [6.07, 6.45) is 4.62. The summed E-state index contributed by atoms with van der Waals surface area (Å²) in [6, 6.07) is 20.3. The molecule has 2 saturated heterocycles. The van der Waals surface area contributed by atoms with Gasteiger partial charge >= 0.3 is 0 Å². The number of nitrogens with one attached hydrogen (secondary N) is 1. The van der Waals surface area contributed by atoms with Gasteiger partial charge in [0.05, 0.1) is 0 Å². The van der Waals surface area contributed by atoms with Crippen molar-refractivity contribution in [3.8, 4) is 0 Å². The van der Waals surface area contributed by atoms with E-state index in [0.717, 1.165) is 43.9 Å². The van der Waals surface area contributed by atoms with Crippen molar-refractivity contribution < 1.29 is 14.4 Å². The van der Waals surface area contributed by atoms with Gasteiger partial charge < -0.3 is 4.90 Å². The van der Waals surface area contributed by atoms with Crippen molar-refractivity contribution in [1.82, 2.24) is 20.1 Å². The van der Waals surface area contributed by atoms with Gasteiger partial charge in [0.1, 0.15) is 11.9 Å². The van der Waals surface area contributed by atoms with E-state index in [9.17, 15) is 14.4 Å². The first kappa shape index (κ1) is 26.5. The summed E-state index contributed by atoms with van der Waals surface area (Å²) in [4.78, 5) is 46.6. The number of imide groups is 1. The number of aromatic nitrogens is 1. The Morgan fingerprint density at radius 2 is 1.80 bits per heavy atom. The fourth-order valence-corrected chi connectivity index (χ4v) is 6.71. The van der Waals surface area contributed by atoms with Gasteiger partial charge in [0, 0.05) is 43.2 Å². The van der Waals surface area contributed by atoms with Gasteiger partial charge in [-0.15, -0.1) is 0 Å². The van der Waals surface area contributed by atoms with Gasteiger partial charge in [-0.3, -0.25) is 28.9 Å². The zero-order chi connectivity index (χ0) is 27.6. The second-order valence-electron chi connectivity index (χ2n) is 10.8. The summed E-state index contributed by atoms with van der Waals surface area (Å²) in [6.45, 7) is 3.43. The molecule has 206 valence electrons. The topological polar surface area (TPSA) is 85.9 Å². The second kappa shape index (κ2) is 11.4. The highest BCUT2D eigenvalue weighted by Crippen LogP contribution is 2.34. The molecule has 6 rings (SSSR count). The summed E-state index contributed by atoms with van der Waals surface area (Å²) >= 11 is 1.67. The van der Waals surface area contributed by atoms with Gasteiger partial charge in [-0.25, -0.2) is 4.98 Å². The number of fused-ring (bicyclic) bond motifs is 1. The van der Waals surface area contributed by atoms with Gasteiger partial charge in [-0.1, -0.05) is 30.3 Å². The van der Waals surface area contributed by atoms with Crippen molar-refractivity contribution in [3.63, 3.8) is 0 Å². The second-order valence-corrected chi connectivity index (χ2v) is 12.0. The van der Waals surface area contributed by atoms with Crippen LogP contribution in [0.1, 0.15) is 58.6 Å². The lowest BCUT2D eigenvalue weighted by atomic mass is 9.87. The summed E-state index contributed by atoms with van der Waals surface area (Å²) in [5.74, 6) is 0.650. The fourth-order valence-electron chi connectivity index (χ4n) is 5.93. The Morgan fingerprint density at radius 3 is 2.52 bits per heavy atom. The van der Waals surface area contributed by atoms with Crippen LogP contribution in [0.3, 0.4) is 0 Å². The van der Waals surface area contributed by atoms with Crippen LogP contribution in [-0.4, -0.2) is 58.7 Å². The number of rotatable bonds is 7. The highest BCUT2D eigenvalue weighted by Gasteiger charge is 2.39. The lowest BCUT2D eigenvalue weighted by Gasteiger charge is -2.32. The standard InChI is InChI=1S/C31H33N5O3S/c1-34(28-4-2-3-15-32-28)40-25-8-5-21(6-9-25)19-35-16-13-22(14-17-35)23-7-10-26-24(18-23)20-36(31(26)39)27-11-12-29(37)33-30(27)38/h2-10,15,18,22,27H,11-14,16-17,19-20H2,1H3,(H,33,37,38). The molecule has 0 saturated carbocycles. The number of anilines is 1. The SMILES string of the molecule is CN(Sc1ccc(CN2CCC(c3ccc4c(c3)CN(C3CCC(=O)NC3=O)C4=O)CC2)cc1)c1ccccn1. The van der Waals surface area contributed by atoms with Crippen molar-refractivity contribution in [3.05, 3.63) is 89.1 Å². The van der Waals surface area contributed by atoms with E-state index in [-0.39, 0.29) is 24.1 Å². The lowest BCUT2D eigenvalue weighted by Crippen LogP contribution is -2.52. The molecule has 3 aromatic rings. The van der Waals surface area contributed by atoms with E-state index < -0.39 is 6.04 Å². The molecule has 3 amide bonds. The minimum absolute atomic E-state index is 0.112. The minimum Gasteiger partial charge on any atom is -0.322 e. The quantitative estimate of drug-likeness (QED) is 0.342. The Hall–Kier alpha value is -3.69. The molecule has 2 fully saturated rings. The summed E-state index contributed by atoms with van der Waals surface area (Å²) in [7, 11) is 2.03. The maximum absolute atomic E-state index is 13.0. The zero-order valence-corrected chi connectivity index (χ0v) is 23.4. The van der Waals surface area contributed by atoms with E-state index in [1.165, 1.54) is 16.0 Å². The molecule has 8 nitrogen and oxygen atoms in total. The normalized spacial score (nSPS) is 20.0. The first-order valence-corrected chi connectivity index (χ1v) is 14.6. The Kier molecular flexibility index (Phi) is 7.58. The van der Waals surface area contributed by atoms with Gasteiger partial charge in [0.25, 0.3) is 5.91 Å². The van der Waals surface area contributed by atoms with Crippen molar-refractivity contribution in [2.75, 3.05) is 24.4 Å². The van der Waals surface area contributed by atoms with E-state index in [1.807, 2.05) is 37.5 Å². The average molecular weight is 556 g/mol. The molecule has 1 N–H and O–H groups in total. The molecule has 1 atom stereocenters. The smallest absolute Gasteiger partial charge is 0.255 e. The fraction of sp³-hybridized carbons (Fsp3) is 0.355. The zero-order valence-electron chi connectivity index (χ0n) is 22.6. The van der Waals surface area contributed by atoms with E-state index in [4.69, 9.17) is 0 Å². The number of carbonyl (C=O) groups is 3. The monoisotopic (exact) mass is 555 g/mol. The highest BCUT2D eigenvalue weighted by molar-refractivity contribution is 8.00. The molecule has 40 heavy (non-hydrogen) atoms. The predicted molar refractivity (Wildman–Crippen MR) is 155 cm³/mol. The van der Waals surface area contributed by atoms with Gasteiger partial charge in [-0.2, -0.15) is 0 Å². The predicted octanol–water partition coefficient (Wildman–Crippen LogP) is 4.37. The molecule has 3 aliphatic heterocycles. The molecule has 0 radical (unpaired) electrons. The van der Waals surface area contributed by atoms with Gasteiger partial charge in [-0.05, 0) is 97.2 Å². The summed E-state index contributed by atoms with van der Waals surface area (Å²) < 4.78 is 2.07. The molecule has 1 unspecified atom stereocenters. The number of piperidine rings is 2. The Labute approximate surface area is 238 Å². The van der Waals surface area contributed by atoms with Gasteiger partial charge in [0.15, 0.2) is 0 Å². The van der Waals surface area contributed by atoms with Crippen molar-refractivity contribution in [1.29, 1.82) is 0 Å². The molecule has 1 aromatic heterocycles. The van der Waals surface area contributed by atoms with Crippen LogP contribution in [0.15, 0.2) is 71.8 Å². The van der Waals surface area contributed by atoms with E-state index in [1.54, 1.807) is 16.8 Å². The molecule has 0 aliphatic carbocycles. The first-order valence-electron chi connectivity index (χ1n) is 13.9. The molecule has 0 bridgehead atoms. The van der Waals surface area contributed by atoms with E-state index >= 15 is 0 Å². The highest BCUT2D eigenvalue weighted by atomic mass is 32.2. The third kappa shape index (κ3) is 5.62. The number of carbonyl (C=O) groups excluding carboxylic acids is 3. The van der Waals surface area contributed by atoms with Crippen LogP contribution in [0.5, 0.6) is 0 Å². The van der Waals surface area contributed by atoms with Crippen molar-refractivity contribution >= 4 is 35.5 Å². The Morgan fingerprint density at radius 1 is 1.00 bits per heavy atom. The maximum atomic E-state index is 13.0. The van der Waals surface area contributed by atoms with Crippen LogP contribution in [0, 0.1) is 0 Å². The number of likely N-dealkylation sites (tertiary alicyclic amines) is 1. The number of nitrogens with zero attached hydrogens (tertiary/aromatic N) is 4. The Balaban J connectivity index is 1.02. The maximum Gasteiger partial charge on any atom is 0.255 e. The number of benzene rings is 2. The van der Waals surface area contributed by atoms with Crippen LogP contribution in [0.25, 0.3) is 0 Å². The van der Waals surface area contributed by atoms with Crippen molar-refractivity contribution in [2.45, 2.75) is 55.6 Å². The molecule has 0 spiro atoms. The molecular formula is C31H33N5O3S. The molecular weight excluding hydrogens is 522 g/mol. The van der Waals surface area contributed by atoms with Crippen LogP contribution in [0.2, 0.25) is 0 Å². The summed E-state index contributed by atoms with van der Waals surface area (Å²) in [5.41, 5.74) is 4.25. The molecule has 3 aliphatic rings. The summed E-state index contributed by atoms with van der Waals surface area (Å²) in [5, 5.41) is 2.37. The number of hydrogen-bond acceptors (Lipinski definition) is 7.